The Balaban J connectivity index is 1.64. The topological polar surface area (TPSA) is 84.0 Å². The maximum absolute atomic E-state index is 12.7. The number of benzene rings is 1. The van der Waals surface area contributed by atoms with Crippen molar-refractivity contribution in [2.75, 3.05) is 32.2 Å². The molecule has 0 spiro atoms. The molecular weight excluding hydrogens is 356 g/mol. The Labute approximate surface area is 153 Å². The summed E-state index contributed by atoms with van der Waals surface area (Å²) in [4.78, 5) is 28.3. The van der Waals surface area contributed by atoms with Gasteiger partial charge in [0.1, 0.15) is 5.75 Å². The molecule has 2 fully saturated rings. The van der Waals surface area contributed by atoms with Crippen LogP contribution in [0.5, 0.6) is 5.75 Å². The van der Waals surface area contributed by atoms with E-state index in [1.54, 1.807) is 19.1 Å². The van der Waals surface area contributed by atoms with Gasteiger partial charge in [0.05, 0.1) is 24.5 Å². The van der Waals surface area contributed by atoms with Crippen molar-refractivity contribution < 1.29 is 22.7 Å². The minimum Gasteiger partial charge on any atom is -0.496 e. The highest BCUT2D eigenvalue weighted by Crippen LogP contribution is 2.27. The molecular formula is C18H24N2O5S. The van der Waals surface area contributed by atoms with Crippen molar-refractivity contribution in [2.24, 2.45) is 5.92 Å². The van der Waals surface area contributed by atoms with Gasteiger partial charge in [0, 0.05) is 38.2 Å². The molecule has 142 valence electrons. The van der Waals surface area contributed by atoms with Crippen molar-refractivity contribution in [2.45, 2.75) is 25.4 Å². The molecule has 0 saturated carbocycles. The Kier molecular flexibility index (Phi) is 5.22. The van der Waals surface area contributed by atoms with E-state index in [2.05, 4.69) is 0 Å². The van der Waals surface area contributed by atoms with Gasteiger partial charge in [-0.05, 0) is 12.5 Å². The Morgan fingerprint density at radius 2 is 2.08 bits per heavy atom. The molecule has 1 aromatic carbocycles. The Bertz CT molecular complexity index is 808. The summed E-state index contributed by atoms with van der Waals surface area (Å²) in [5, 5.41) is 0. The summed E-state index contributed by atoms with van der Waals surface area (Å²) in [6.07, 6.45) is 0.633. The molecule has 2 amide bonds. The lowest BCUT2D eigenvalue weighted by Gasteiger charge is -2.26. The second kappa shape index (κ2) is 7.26. The lowest BCUT2D eigenvalue weighted by molar-refractivity contribution is -0.136. The number of methoxy groups -OCH3 is 1. The Hall–Kier alpha value is -2.09. The number of carbonyl (C=O) groups excluding carboxylic acids is 2. The van der Waals surface area contributed by atoms with Crippen LogP contribution in [0.25, 0.3) is 0 Å². The number of rotatable bonds is 5. The van der Waals surface area contributed by atoms with Gasteiger partial charge in [-0.1, -0.05) is 18.2 Å². The quantitative estimate of drug-likeness (QED) is 0.750. The highest BCUT2D eigenvalue weighted by Gasteiger charge is 2.39. The van der Waals surface area contributed by atoms with E-state index in [0.717, 1.165) is 5.56 Å². The molecule has 2 saturated heterocycles. The van der Waals surface area contributed by atoms with Crippen LogP contribution in [0.15, 0.2) is 24.3 Å². The number of hydrogen-bond donors (Lipinski definition) is 0. The van der Waals surface area contributed by atoms with Crippen molar-refractivity contribution in [1.82, 2.24) is 9.80 Å². The van der Waals surface area contributed by atoms with Crippen molar-refractivity contribution in [3.8, 4) is 5.75 Å². The van der Waals surface area contributed by atoms with Crippen molar-refractivity contribution >= 4 is 21.7 Å². The van der Waals surface area contributed by atoms with E-state index in [4.69, 9.17) is 4.74 Å². The molecule has 2 aliphatic heterocycles. The average molecular weight is 380 g/mol. The van der Waals surface area contributed by atoms with Crippen LogP contribution in [0.2, 0.25) is 0 Å². The summed E-state index contributed by atoms with van der Waals surface area (Å²) >= 11 is 0. The monoisotopic (exact) mass is 380 g/mol. The van der Waals surface area contributed by atoms with E-state index in [1.165, 1.54) is 4.90 Å². The first-order valence-corrected chi connectivity index (χ1v) is 10.5. The van der Waals surface area contributed by atoms with Gasteiger partial charge in [-0.2, -0.15) is 0 Å². The van der Waals surface area contributed by atoms with E-state index in [9.17, 15) is 18.0 Å². The molecule has 8 heteroatoms. The maximum Gasteiger partial charge on any atom is 0.228 e. The van der Waals surface area contributed by atoms with E-state index < -0.39 is 15.8 Å². The van der Waals surface area contributed by atoms with E-state index in [0.29, 0.717) is 25.3 Å². The summed E-state index contributed by atoms with van der Waals surface area (Å²) in [6.45, 7) is 0.744. The number of amides is 2. The second-order valence-corrected chi connectivity index (χ2v) is 9.22. The third kappa shape index (κ3) is 3.85. The minimum absolute atomic E-state index is 0.0147. The largest absolute Gasteiger partial charge is 0.496 e. The van der Waals surface area contributed by atoms with E-state index in [1.807, 2.05) is 24.3 Å². The minimum atomic E-state index is -3.05. The third-order valence-corrected chi connectivity index (χ3v) is 6.97. The normalized spacial score (nSPS) is 24.7. The Morgan fingerprint density at radius 1 is 1.35 bits per heavy atom. The lowest BCUT2D eigenvalue weighted by Crippen LogP contribution is -2.42. The molecule has 26 heavy (non-hydrogen) atoms. The van der Waals surface area contributed by atoms with Gasteiger partial charge in [-0.15, -0.1) is 0 Å². The van der Waals surface area contributed by atoms with E-state index >= 15 is 0 Å². The second-order valence-electron chi connectivity index (χ2n) is 6.99. The summed E-state index contributed by atoms with van der Waals surface area (Å²) < 4.78 is 28.6. The van der Waals surface area contributed by atoms with Gasteiger partial charge in [0.15, 0.2) is 9.84 Å². The molecule has 2 atom stereocenters. The third-order valence-electron chi connectivity index (χ3n) is 5.22. The summed E-state index contributed by atoms with van der Waals surface area (Å²) in [5.74, 6) is 0.207. The fraction of sp³-hybridized carbons (Fsp3) is 0.556. The van der Waals surface area contributed by atoms with Gasteiger partial charge in [0.25, 0.3) is 0 Å². The molecule has 0 N–H and O–H groups in total. The van der Waals surface area contributed by atoms with Crippen LogP contribution < -0.4 is 4.74 Å². The lowest BCUT2D eigenvalue weighted by atomic mass is 10.1. The molecule has 0 bridgehead atoms. The molecule has 7 nitrogen and oxygen atoms in total. The number of para-hydroxylation sites is 1. The Morgan fingerprint density at radius 3 is 2.73 bits per heavy atom. The maximum atomic E-state index is 12.7. The van der Waals surface area contributed by atoms with Crippen LogP contribution >= 0.6 is 0 Å². The zero-order chi connectivity index (χ0) is 18.9. The fourth-order valence-corrected chi connectivity index (χ4v) is 5.45. The molecule has 0 radical (unpaired) electrons. The molecule has 2 heterocycles. The highest BCUT2D eigenvalue weighted by atomic mass is 32.2. The average Bonchev–Trinajstić information content (AvgIpc) is 3.16. The number of sulfone groups is 1. The van der Waals surface area contributed by atoms with Crippen molar-refractivity contribution in [3.63, 3.8) is 0 Å². The van der Waals surface area contributed by atoms with Crippen molar-refractivity contribution in [1.29, 1.82) is 0 Å². The fourth-order valence-electron chi connectivity index (χ4n) is 3.68. The molecule has 0 aromatic heterocycles. The molecule has 2 unspecified atom stereocenters. The summed E-state index contributed by atoms with van der Waals surface area (Å²) in [7, 11) is 0.172. The highest BCUT2D eigenvalue weighted by molar-refractivity contribution is 7.91. The van der Waals surface area contributed by atoms with Crippen LogP contribution in [0.1, 0.15) is 18.4 Å². The van der Waals surface area contributed by atoms with Crippen molar-refractivity contribution in [3.05, 3.63) is 29.8 Å². The van der Waals surface area contributed by atoms with Gasteiger partial charge in [-0.3, -0.25) is 9.59 Å². The standard InChI is InChI=1S/C18H24N2O5S/c1-19(15-7-8-26(23,24)12-15)18(22)14-9-17(21)20(11-14)10-13-5-3-4-6-16(13)25-2/h3-6,14-15H,7-12H2,1-2H3. The summed E-state index contributed by atoms with van der Waals surface area (Å²) in [6, 6.07) is 7.20. The number of hydrogen-bond acceptors (Lipinski definition) is 5. The van der Waals surface area contributed by atoms with Crippen LogP contribution in [0, 0.1) is 5.92 Å². The van der Waals surface area contributed by atoms with Gasteiger partial charge in [0.2, 0.25) is 11.8 Å². The van der Waals surface area contributed by atoms with Crippen LogP contribution in [0.3, 0.4) is 0 Å². The van der Waals surface area contributed by atoms with Gasteiger partial charge < -0.3 is 14.5 Å². The van der Waals surface area contributed by atoms with Crippen LogP contribution in [-0.4, -0.2) is 68.3 Å². The SMILES string of the molecule is COc1ccccc1CN1CC(C(=O)N(C)C2CCS(=O)(=O)C2)CC1=O. The summed E-state index contributed by atoms with van der Waals surface area (Å²) in [5.41, 5.74) is 0.895. The first-order valence-electron chi connectivity index (χ1n) is 8.67. The molecule has 2 aliphatic rings. The first kappa shape index (κ1) is 18.7. The smallest absolute Gasteiger partial charge is 0.228 e. The molecule has 1 aromatic rings. The van der Waals surface area contributed by atoms with Gasteiger partial charge >= 0.3 is 0 Å². The molecule has 0 aliphatic carbocycles. The zero-order valence-electron chi connectivity index (χ0n) is 15.1. The number of likely N-dealkylation sites (tertiary alicyclic amines) is 1. The van der Waals surface area contributed by atoms with Gasteiger partial charge in [-0.25, -0.2) is 8.42 Å². The number of ether oxygens (including phenoxy) is 1. The van der Waals surface area contributed by atoms with Crippen LogP contribution in [0.4, 0.5) is 0 Å². The first-order chi connectivity index (χ1) is 12.3. The van der Waals surface area contributed by atoms with Crippen LogP contribution in [-0.2, 0) is 26.0 Å². The molecule has 3 rings (SSSR count). The predicted octanol–water partition coefficient (Wildman–Crippen LogP) is 0.689. The zero-order valence-corrected chi connectivity index (χ0v) is 15.9. The number of carbonyl (C=O) groups is 2. The predicted molar refractivity (Wildman–Crippen MR) is 96.3 cm³/mol. The number of nitrogens with zero attached hydrogens (tertiary/aromatic N) is 2. The van der Waals surface area contributed by atoms with E-state index in [-0.39, 0.29) is 35.8 Å².